The molecule has 0 saturated carbocycles. The summed E-state index contributed by atoms with van der Waals surface area (Å²) in [5.41, 5.74) is 0. The summed E-state index contributed by atoms with van der Waals surface area (Å²) in [4.78, 5) is 0. The molecule has 0 N–H and O–H groups in total. The fourth-order valence-corrected chi connectivity index (χ4v) is 0. The van der Waals surface area contributed by atoms with Crippen LogP contribution < -0.4 is 29.6 Å². The molecule has 0 atom stereocenters. The molecule has 0 aromatic rings. The van der Waals surface area contributed by atoms with E-state index in [4.69, 9.17) is 0 Å². The molecule has 0 fully saturated rings. The van der Waals surface area contributed by atoms with Crippen LogP contribution in [0.3, 0.4) is 0 Å². The van der Waals surface area contributed by atoms with Crippen molar-refractivity contribution in [2.75, 3.05) is 0 Å². The first kappa shape index (κ1) is 8.82. The van der Waals surface area contributed by atoms with Crippen molar-refractivity contribution in [3.05, 3.63) is 12.9 Å². The summed E-state index contributed by atoms with van der Waals surface area (Å²) in [6, 6.07) is 0. The molecule has 0 spiro atoms. The molecule has 0 aromatic carbocycles. The van der Waals surface area contributed by atoms with Gasteiger partial charge in [-0.25, -0.2) is 0 Å². The van der Waals surface area contributed by atoms with Crippen LogP contribution in [-0.2, 0) is 0 Å². The van der Waals surface area contributed by atoms with Gasteiger partial charge in [0.2, 0.25) is 0 Å². The standard InChI is InChI=1S/C2H2F.Na/c1-2-3;/h1-2H;/q-1;+1. The fraction of sp³-hybridized carbons (Fsp3) is 0. The quantitative estimate of drug-likeness (QED) is 0.225. The number of halogens is 1. The van der Waals surface area contributed by atoms with Gasteiger partial charge < -0.3 is 6.58 Å². The van der Waals surface area contributed by atoms with Gasteiger partial charge in [0.15, 0.2) is 0 Å². The molecule has 0 radical (unpaired) electrons. The van der Waals surface area contributed by atoms with Crippen molar-refractivity contribution >= 4 is 0 Å². The molecule has 0 aromatic heterocycles. The molecule has 0 aliphatic rings. The minimum Gasteiger partial charge on any atom is -0.484 e. The number of rotatable bonds is 0. The van der Waals surface area contributed by atoms with Gasteiger partial charge in [0.25, 0.3) is 0 Å². The summed E-state index contributed by atoms with van der Waals surface area (Å²) in [6.45, 7) is 4.06. The second-order valence-corrected chi connectivity index (χ2v) is 0.126. The van der Waals surface area contributed by atoms with Crippen LogP contribution in [0.2, 0.25) is 0 Å². The van der Waals surface area contributed by atoms with E-state index < -0.39 is 0 Å². The molecule has 0 bridgehead atoms. The molecule has 0 aliphatic heterocycles. The molecule has 0 unspecified atom stereocenters. The summed E-state index contributed by atoms with van der Waals surface area (Å²) >= 11 is 0. The molecule has 4 heavy (non-hydrogen) atoms. The smallest absolute Gasteiger partial charge is 0.484 e. The van der Waals surface area contributed by atoms with Crippen molar-refractivity contribution in [3.63, 3.8) is 0 Å². The van der Waals surface area contributed by atoms with Gasteiger partial charge in [-0.05, 0) is 0 Å². The van der Waals surface area contributed by atoms with Crippen LogP contribution in [0.4, 0.5) is 4.39 Å². The van der Waals surface area contributed by atoms with Gasteiger partial charge in [0, 0.05) is 0 Å². The Labute approximate surface area is 47.0 Å². The van der Waals surface area contributed by atoms with E-state index in [2.05, 4.69) is 6.58 Å². The maximum absolute atomic E-state index is 9.94. The molecule has 18 valence electrons. The van der Waals surface area contributed by atoms with Gasteiger partial charge >= 0.3 is 29.6 Å². The molecular weight excluding hydrogens is 66.0 g/mol. The SMILES string of the molecule is [CH-]=CF.[Na+]. The summed E-state index contributed by atoms with van der Waals surface area (Å²) < 4.78 is 9.94. The topological polar surface area (TPSA) is 0 Å². The van der Waals surface area contributed by atoms with Crippen molar-refractivity contribution in [1.29, 1.82) is 0 Å². The molecule has 0 saturated heterocycles. The molecule has 0 nitrogen and oxygen atoms in total. The maximum atomic E-state index is 9.94. The number of hydrogen-bond donors (Lipinski definition) is 0. The van der Waals surface area contributed by atoms with E-state index in [0.29, 0.717) is 0 Å². The average Bonchev–Trinajstić information content (AvgIpc) is 0.918. The van der Waals surface area contributed by atoms with Crippen LogP contribution in [0.25, 0.3) is 0 Å². The summed E-state index contributed by atoms with van der Waals surface area (Å²) in [6.07, 6.45) is 0. The molecule has 0 rings (SSSR count). The van der Waals surface area contributed by atoms with Gasteiger partial charge in [-0.2, -0.15) is 0 Å². The van der Waals surface area contributed by atoms with Gasteiger partial charge in [-0.3, -0.25) is 4.39 Å². The Hall–Kier alpha value is 0.670. The van der Waals surface area contributed by atoms with Gasteiger partial charge in [-0.1, -0.05) is 6.33 Å². The van der Waals surface area contributed by atoms with Crippen molar-refractivity contribution in [2.24, 2.45) is 0 Å². The fourth-order valence-electron chi connectivity index (χ4n) is 0. The largest absolute Gasteiger partial charge is 1.00 e. The van der Waals surface area contributed by atoms with Crippen LogP contribution in [0.1, 0.15) is 0 Å². The third-order valence-electron chi connectivity index (χ3n) is 0. The monoisotopic (exact) mass is 68.0 g/mol. The van der Waals surface area contributed by atoms with E-state index >= 15 is 0 Å². The van der Waals surface area contributed by atoms with E-state index in [1.54, 1.807) is 0 Å². The predicted octanol–water partition coefficient (Wildman–Crippen LogP) is -2.09. The Balaban J connectivity index is 0. The van der Waals surface area contributed by atoms with Gasteiger partial charge in [-0.15, -0.1) is 0 Å². The van der Waals surface area contributed by atoms with Crippen molar-refractivity contribution in [1.82, 2.24) is 0 Å². The maximum Gasteiger partial charge on any atom is 1.00 e. The summed E-state index contributed by atoms with van der Waals surface area (Å²) in [7, 11) is 0. The number of hydrogen-bond acceptors (Lipinski definition) is 0. The Morgan fingerprint density at radius 2 is 1.75 bits per heavy atom. The van der Waals surface area contributed by atoms with E-state index in [1.807, 2.05) is 0 Å². The Morgan fingerprint density at radius 1 is 1.75 bits per heavy atom. The molecule has 0 heterocycles. The first-order chi connectivity index (χ1) is 1.41. The molecule has 0 aliphatic carbocycles. The van der Waals surface area contributed by atoms with Crippen LogP contribution in [0.5, 0.6) is 0 Å². The zero-order chi connectivity index (χ0) is 2.71. The predicted molar refractivity (Wildman–Crippen MR) is 9.98 cm³/mol. The van der Waals surface area contributed by atoms with E-state index in [-0.39, 0.29) is 35.9 Å². The first-order valence-corrected chi connectivity index (χ1v) is 0.552. The average molecular weight is 68.0 g/mol. The third-order valence-corrected chi connectivity index (χ3v) is 0. The molecule has 0 amide bonds. The zero-order valence-corrected chi connectivity index (χ0v) is 4.53. The van der Waals surface area contributed by atoms with Crippen LogP contribution >= 0.6 is 0 Å². The van der Waals surface area contributed by atoms with Gasteiger partial charge in [0.1, 0.15) is 0 Å². The van der Waals surface area contributed by atoms with Crippen molar-refractivity contribution in [2.45, 2.75) is 0 Å². The third kappa shape index (κ3) is 16.6. The van der Waals surface area contributed by atoms with Crippen LogP contribution in [-0.4, -0.2) is 0 Å². The molecular formula is C2H2FNa. The first-order valence-electron chi connectivity index (χ1n) is 0.552. The summed E-state index contributed by atoms with van der Waals surface area (Å²) in [5, 5.41) is 0. The Kier molecular flexibility index (Phi) is 20.7. The van der Waals surface area contributed by atoms with E-state index in [1.165, 1.54) is 0 Å². The second-order valence-electron chi connectivity index (χ2n) is 0.126. The Bertz CT molecular complexity index is 13.5. The Morgan fingerprint density at radius 3 is 1.75 bits per heavy atom. The van der Waals surface area contributed by atoms with E-state index in [0.717, 1.165) is 0 Å². The minimum absolute atomic E-state index is 0. The van der Waals surface area contributed by atoms with Crippen LogP contribution in [0, 0.1) is 6.58 Å². The normalized spacial score (nSPS) is 3.25. The second kappa shape index (κ2) is 9.38. The van der Waals surface area contributed by atoms with Crippen molar-refractivity contribution in [3.8, 4) is 0 Å². The molecule has 2 heteroatoms. The van der Waals surface area contributed by atoms with Crippen molar-refractivity contribution < 1.29 is 33.9 Å². The van der Waals surface area contributed by atoms with E-state index in [9.17, 15) is 4.39 Å². The van der Waals surface area contributed by atoms with Crippen LogP contribution in [0.15, 0.2) is 6.33 Å². The van der Waals surface area contributed by atoms with Gasteiger partial charge in [0.05, 0.1) is 0 Å². The minimum atomic E-state index is 0. The summed E-state index contributed by atoms with van der Waals surface area (Å²) in [5.74, 6) is 0. The zero-order valence-electron chi connectivity index (χ0n) is 2.53.